The molecular weight excluding hydrogens is 266 g/mol. The van der Waals surface area contributed by atoms with Gasteiger partial charge in [0, 0.05) is 13.1 Å². The first-order valence-corrected chi connectivity index (χ1v) is 6.34. The fourth-order valence-corrected chi connectivity index (χ4v) is 2.28. The van der Waals surface area contributed by atoms with Gasteiger partial charge >= 0.3 is 6.61 Å². The Morgan fingerprint density at radius 3 is 2.90 bits per heavy atom. The first kappa shape index (κ1) is 14.3. The highest BCUT2D eigenvalue weighted by atomic mass is 19.3. The van der Waals surface area contributed by atoms with Crippen LogP contribution in [0.3, 0.4) is 0 Å². The van der Waals surface area contributed by atoms with Crippen molar-refractivity contribution in [3.63, 3.8) is 0 Å². The van der Waals surface area contributed by atoms with E-state index in [0.717, 1.165) is 12.8 Å². The number of piperidine rings is 1. The van der Waals surface area contributed by atoms with Gasteiger partial charge in [-0.3, -0.25) is 4.79 Å². The lowest BCUT2D eigenvalue weighted by Gasteiger charge is -2.30. The molecule has 0 saturated carbocycles. The average Bonchev–Trinajstić information content (AvgIpc) is 2.46. The number of likely N-dealkylation sites (tertiary alicyclic amines) is 1. The summed E-state index contributed by atoms with van der Waals surface area (Å²) in [5.74, 6) is -0.705. The van der Waals surface area contributed by atoms with Crippen molar-refractivity contribution in [3.8, 4) is 11.8 Å². The van der Waals surface area contributed by atoms with Crippen molar-refractivity contribution < 1.29 is 18.3 Å². The highest BCUT2D eigenvalue weighted by molar-refractivity contribution is 5.97. The van der Waals surface area contributed by atoms with E-state index in [1.165, 1.54) is 23.1 Å². The van der Waals surface area contributed by atoms with Crippen LogP contribution in [0.4, 0.5) is 8.78 Å². The van der Waals surface area contributed by atoms with Gasteiger partial charge in [-0.05, 0) is 25.0 Å². The minimum Gasteiger partial charge on any atom is -0.434 e. The van der Waals surface area contributed by atoms with E-state index in [1.54, 1.807) is 6.07 Å². The number of carbonyl (C=O) groups is 1. The van der Waals surface area contributed by atoms with Gasteiger partial charge in [-0.1, -0.05) is 12.1 Å². The monoisotopic (exact) mass is 280 g/mol. The van der Waals surface area contributed by atoms with Crippen LogP contribution in [-0.2, 0) is 0 Å². The summed E-state index contributed by atoms with van der Waals surface area (Å²) in [7, 11) is 0. The second-order valence-electron chi connectivity index (χ2n) is 4.59. The van der Waals surface area contributed by atoms with Crippen molar-refractivity contribution in [2.75, 3.05) is 13.1 Å². The molecule has 1 atom stereocenters. The van der Waals surface area contributed by atoms with Crippen LogP contribution >= 0.6 is 0 Å². The molecule has 0 N–H and O–H groups in total. The molecule has 1 saturated heterocycles. The van der Waals surface area contributed by atoms with Gasteiger partial charge in [0.2, 0.25) is 0 Å². The van der Waals surface area contributed by atoms with E-state index in [4.69, 9.17) is 5.26 Å². The Hall–Kier alpha value is -2.16. The predicted octanol–water partition coefficient (Wildman–Crippen LogP) is 2.66. The number of hydrogen-bond donors (Lipinski definition) is 0. The smallest absolute Gasteiger partial charge is 0.387 e. The largest absolute Gasteiger partial charge is 0.434 e. The third-order valence-corrected chi connectivity index (χ3v) is 3.22. The zero-order chi connectivity index (χ0) is 14.5. The summed E-state index contributed by atoms with van der Waals surface area (Å²) in [4.78, 5) is 13.9. The maximum Gasteiger partial charge on any atom is 0.387 e. The van der Waals surface area contributed by atoms with Crippen LogP contribution in [0.15, 0.2) is 24.3 Å². The zero-order valence-electron chi connectivity index (χ0n) is 10.8. The molecule has 1 amide bonds. The fourth-order valence-electron chi connectivity index (χ4n) is 2.28. The number of nitrogens with zero attached hydrogens (tertiary/aromatic N) is 2. The lowest BCUT2D eigenvalue weighted by Crippen LogP contribution is -2.39. The average molecular weight is 280 g/mol. The molecule has 106 valence electrons. The Bertz CT molecular complexity index is 528. The highest BCUT2D eigenvalue weighted by Crippen LogP contribution is 2.24. The third-order valence-electron chi connectivity index (χ3n) is 3.22. The van der Waals surface area contributed by atoms with Gasteiger partial charge in [-0.2, -0.15) is 14.0 Å². The number of ether oxygens (including phenoxy) is 1. The number of hydrogen-bond acceptors (Lipinski definition) is 3. The van der Waals surface area contributed by atoms with Gasteiger partial charge in [0.05, 0.1) is 17.6 Å². The van der Waals surface area contributed by atoms with E-state index in [1.807, 2.05) is 0 Å². The maximum absolute atomic E-state index is 12.4. The minimum absolute atomic E-state index is 0.103. The van der Waals surface area contributed by atoms with E-state index in [-0.39, 0.29) is 23.1 Å². The SMILES string of the molecule is N#CC1CCCN(C(=O)c2ccccc2OC(F)F)C1. The first-order chi connectivity index (χ1) is 9.61. The zero-order valence-corrected chi connectivity index (χ0v) is 10.8. The summed E-state index contributed by atoms with van der Waals surface area (Å²) in [6.07, 6.45) is 1.50. The Kier molecular flexibility index (Phi) is 4.51. The first-order valence-electron chi connectivity index (χ1n) is 6.34. The molecule has 0 aromatic heterocycles. The van der Waals surface area contributed by atoms with E-state index in [2.05, 4.69) is 10.8 Å². The Labute approximate surface area is 115 Å². The Morgan fingerprint density at radius 1 is 1.45 bits per heavy atom. The fraction of sp³-hybridized carbons (Fsp3) is 0.429. The number of carbonyl (C=O) groups excluding carboxylic acids is 1. The van der Waals surface area contributed by atoms with Crippen LogP contribution < -0.4 is 4.74 Å². The molecule has 1 aliphatic heterocycles. The van der Waals surface area contributed by atoms with Gasteiger partial charge in [-0.15, -0.1) is 0 Å². The Balaban J connectivity index is 2.18. The molecule has 20 heavy (non-hydrogen) atoms. The highest BCUT2D eigenvalue weighted by Gasteiger charge is 2.26. The van der Waals surface area contributed by atoms with Crippen molar-refractivity contribution in [2.45, 2.75) is 19.5 Å². The van der Waals surface area contributed by atoms with Crippen molar-refractivity contribution in [3.05, 3.63) is 29.8 Å². The summed E-state index contributed by atoms with van der Waals surface area (Å²) in [5.41, 5.74) is 0.103. The maximum atomic E-state index is 12.4. The van der Waals surface area contributed by atoms with E-state index in [9.17, 15) is 13.6 Å². The summed E-state index contributed by atoms with van der Waals surface area (Å²) in [6.45, 7) is -2.12. The normalized spacial score (nSPS) is 18.7. The molecule has 4 nitrogen and oxygen atoms in total. The van der Waals surface area contributed by atoms with Gasteiger partial charge in [0.1, 0.15) is 5.75 Å². The molecule has 1 aromatic carbocycles. The van der Waals surface area contributed by atoms with Crippen molar-refractivity contribution >= 4 is 5.91 Å². The molecule has 0 aliphatic carbocycles. The Morgan fingerprint density at radius 2 is 2.20 bits per heavy atom. The van der Waals surface area contributed by atoms with Crippen LogP contribution in [0.2, 0.25) is 0 Å². The number of alkyl halides is 2. The number of para-hydroxylation sites is 1. The second kappa shape index (κ2) is 6.33. The molecular formula is C14H14F2N2O2. The summed E-state index contributed by atoms with van der Waals surface area (Å²) < 4.78 is 29.0. The number of benzene rings is 1. The minimum atomic E-state index is -2.97. The van der Waals surface area contributed by atoms with Crippen LogP contribution in [0.25, 0.3) is 0 Å². The standard InChI is InChI=1S/C14H14F2N2O2/c15-14(16)20-12-6-2-1-5-11(12)13(19)18-7-3-4-10(8-17)9-18/h1-2,5-6,10,14H,3-4,7,9H2. The number of rotatable bonds is 3. The molecule has 0 spiro atoms. The summed E-state index contributed by atoms with van der Waals surface area (Å²) >= 11 is 0. The van der Waals surface area contributed by atoms with Crippen LogP contribution in [0.1, 0.15) is 23.2 Å². The quantitative estimate of drug-likeness (QED) is 0.855. The number of halogens is 2. The molecule has 2 rings (SSSR count). The molecule has 1 unspecified atom stereocenters. The van der Waals surface area contributed by atoms with Crippen molar-refractivity contribution in [2.24, 2.45) is 5.92 Å². The summed E-state index contributed by atoms with van der Waals surface area (Å²) in [6, 6.07) is 8.06. The topological polar surface area (TPSA) is 53.3 Å². The van der Waals surface area contributed by atoms with E-state index >= 15 is 0 Å². The summed E-state index contributed by atoms with van der Waals surface area (Å²) in [5, 5.41) is 8.92. The van der Waals surface area contributed by atoms with Crippen molar-refractivity contribution in [1.82, 2.24) is 4.90 Å². The van der Waals surface area contributed by atoms with Crippen LogP contribution in [0, 0.1) is 17.2 Å². The predicted molar refractivity (Wildman–Crippen MR) is 67.3 cm³/mol. The van der Waals surface area contributed by atoms with E-state index < -0.39 is 6.61 Å². The molecule has 1 fully saturated rings. The molecule has 1 aromatic rings. The van der Waals surface area contributed by atoms with Gasteiger partial charge < -0.3 is 9.64 Å². The van der Waals surface area contributed by atoms with Gasteiger partial charge in [0.15, 0.2) is 0 Å². The van der Waals surface area contributed by atoms with Crippen LogP contribution in [-0.4, -0.2) is 30.5 Å². The lowest BCUT2D eigenvalue weighted by molar-refractivity contribution is -0.0503. The second-order valence-corrected chi connectivity index (χ2v) is 4.59. The molecule has 0 bridgehead atoms. The van der Waals surface area contributed by atoms with Crippen molar-refractivity contribution in [1.29, 1.82) is 5.26 Å². The molecule has 1 aliphatic rings. The molecule has 0 radical (unpaired) electrons. The van der Waals surface area contributed by atoms with E-state index in [0.29, 0.717) is 13.1 Å². The van der Waals surface area contributed by atoms with Crippen LogP contribution in [0.5, 0.6) is 5.75 Å². The van der Waals surface area contributed by atoms with Gasteiger partial charge in [0.25, 0.3) is 5.91 Å². The molecule has 6 heteroatoms. The van der Waals surface area contributed by atoms with Gasteiger partial charge in [-0.25, -0.2) is 0 Å². The number of nitriles is 1. The number of amides is 1. The lowest BCUT2D eigenvalue weighted by atomic mass is 9.99. The third kappa shape index (κ3) is 3.23. The molecule has 1 heterocycles.